The van der Waals surface area contributed by atoms with Gasteiger partial charge in [0.1, 0.15) is 5.76 Å². The summed E-state index contributed by atoms with van der Waals surface area (Å²) >= 11 is 0. The summed E-state index contributed by atoms with van der Waals surface area (Å²) in [6.45, 7) is 9.72. The topological polar surface area (TPSA) is 88.1 Å². The normalized spacial score (nSPS) is 45.0. The van der Waals surface area contributed by atoms with Crippen LogP contribution >= 0.6 is 0 Å². The molecule has 0 aromatic carbocycles. The number of Topliss-reactive ketones (excluding diaryl/α,β-unsaturated/α-hetero) is 1. The number of rotatable bonds is 2. The highest BCUT2D eigenvalue weighted by atomic mass is 17.2. The van der Waals surface area contributed by atoms with Crippen molar-refractivity contribution in [3.63, 3.8) is 0 Å². The Morgan fingerprint density at radius 2 is 1.79 bits per heavy atom. The molecule has 2 saturated carbocycles. The lowest BCUT2D eigenvalue weighted by Crippen LogP contribution is -2.79. The molecule has 5 aliphatic rings. The summed E-state index contributed by atoms with van der Waals surface area (Å²) in [5, 5.41) is 0. The van der Waals surface area contributed by atoms with Gasteiger partial charge in [0.15, 0.2) is 11.4 Å². The van der Waals surface area contributed by atoms with Gasteiger partial charge in [-0.25, -0.2) is 14.6 Å². The van der Waals surface area contributed by atoms with Gasteiger partial charge in [-0.2, -0.15) is 0 Å². The van der Waals surface area contributed by atoms with Crippen molar-refractivity contribution in [2.24, 2.45) is 22.2 Å². The summed E-state index contributed by atoms with van der Waals surface area (Å²) in [7, 11) is 1.19. The number of fused-ring (bicyclic) bond motifs is 2. The van der Waals surface area contributed by atoms with Gasteiger partial charge in [0.05, 0.1) is 12.5 Å². The Morgan fingerprint density at radius 3 is 2.41 bits per heavy atom. The van der Waals surface area contributed by atoms with Crippen LogP contribution in [0.5, 0.6) is 0 Å². The van der Waals surface area contributed by atoms with Crippen LogP contribution in [-0.4, -0.2) is 36.0 Å². The van der Waals surface area contributed by atoms with Crippen LogP contribution in [0.15, 0.2) is 11.8 Å². The Kier molecular flexibility index (Phi) is 4.19. The fourth-order valence-corrected chi connectivity index (χ4v) is 7.09. The molecule has 3 aliphatic carbocycles. The molecule has 0 aromatic heterocycles. The molecule has 0 aromatic rings. The molecule has 5 rings (SSSR count). The Balaban J connectivity index is 2.00. The van der Waals surface area contributed by atoms with Crippen molar-refractivity contribution < 1.29 is 33.6 Å². The molecule has 160 valence electrons. The van der Waals surface area contributed by atoms with Gasteiger partial charge in [-0.15, -0.1) is 0 Å². The first-order valence-corrected chi connectivity index (χ1v) is 10.3. The zero-order valence-electron chi connectivity index (χ0n) is 18.0. The second-order valence-corrected chi connectivity index (χ2v) is 10.2. The predicted molar refractivity (Wildman–Crippen MR) is 101 cm³/mol. The standard InChI is InChI=1S/C22H30O7/c1-13(23)27-15-12-21(17(25)26-6)16(24)20(5)11-8-14-18(2,3)9-7-10-19(14,4)22(15,20)29-28-21/h12,14H,7-11H2,1-6H3/t14-,19-,20-,21-,22-/m0/s1. The van der Waals surface area contributed by atoms with Gasteiger partial charge < -0.3 is 9.47 Å². The number of ether oxygens (including phenoxy) is 2. The molecule has 0 amide bonds. The van der Waals surface area contributed by atoms with Crippen LogP contribution in [0, 0.1) is 22.2 Å². The van der Waals surface area contributed by atoms with Gasteiger partial charge in [0, 0.05) is 18.4 Å². The zero-order chi connectivity index (χ0) is 21.5. The Labute approximate surface area is 171 Å². The average Bonchev–Trinajstić information content (AvgIpc) is 2.63. The van der Waals surface area contributed by atoms with Crippen molar-refractivity contribution in [1.29, 1.82) is 0 Å². The zero-order valence-corrected chi connectivity index (χ0v) is 18.0. The lowest BCUT2D eigenvalue weighted by molar-refractivity contribution is -0.466. The average molecular weight is 406 g/mol. The van der Waals surface area contributed by atoms with E-state index in [-0.39, 0.29) is 22.9 Å². The maximum absolute atomic E-state index is 13.8. The second-order valence-electron chi connectivity index (χ2n) is 10.2. The molecule has 0 radical (unpaired) electrons. The fourth-order valence-electron chi connectivity index (χ4n) is 7.09. The minimum atomic E-state index is -2.05. The van der Waals surface area contributed by atoms with Crippen molar-refractivity contribution in [2.75, 3.05) is 7.11 Å². The van der Waals surface area contributed by atoms with Crippen LogP contribution in [0.25, 0.3) is 0 Å². The van der Waals surface area contributed by atoms with Crippen LogP contribution in [0.4, 0.5) is 0 Å². The molecule has 1 saturated heterocycles. The van der Waals surface area contributed by atoms with Crippen molar-refractivity contribution in [2.45, 2.75) is 77.9 Å². The number of hydrogen-bond donors (Lipinski definition) is 0. The summed E-state index contributed by atoms with van der Waals surface area (Å²) in [5.41, 5.74) is -4.90. The monoisotopic (exact) mass is 406 g/mol. The quantitative estimate of drug-likeness (QED) is 0.395. The molecule has 2 aliphatic heterocycles. The van der Waals surface area contributed by atoms with E-state index < -0.39 is 34.0 Å². The molecule has 7 nitrogen and oxygen atoms in total. The molecule has 0 N–H and O–H groups in total. The third kappa shape index (κ3) is 2.18. The molecule has 2 heterocycles. The highest BCUT2D eigenvalue weighted by Crippen LogP contribution is 2.73. The first-order valence-electron chi connectivity index (χ1n) is 10.3. The van der Waals surface area contributed by atoms with E-state index in [1.807, 2.05) is 6.92 Å². The van der Waals surface area contributed by atoms with Gasteiger partial charge in [0.25, 0.3) is 5.60 Å². The lowest BCUT2D eigenvalue weighted by Gasteiger charge is -2.70. The lowest BCUT2D eigenvalue weighted by atomic mass is 9.38. The van der Waals surface area contributed by atoms with Gasteiger partial charge in [-0.05, 0) is 43.9 Å². The van der Waals surface area contributed by atoms with E-state index in [0.29, 0.717) is 6.42 Å². The van der Waals surface area contributed by atoms with E-state index in [2.05, 4.69) is 20.8 Å². The first kappa shape index (κ1) is 20.5. The molecule has 7 heteroatoms. The summed E-state index contributed by atoms with van der Waals surface area (Å²) in [6.07, 6.45) is 5.50. The summed E-state index contributed by atoms with van der Waals surface area (Å²) in [6, 6.07) is 0. The Morgan fingerprint density at radius 1 is 1.10 bits per heavy atom. The first-order chi connectivity index (χ1) is 13.4. The summed E-state index contributed by atoms with van der Waals surface area (Å²) in [4.78, 5) is 50.1. The molecule has 5 atom stereocenters. The maximum Gasteiger partial charge on any atom is 0.353 e. The smallest absolute Gasteiger partial charge is 0.353 e. The minimum absolute atomic E-state index is 0.0329. The van der Waals surface area contributed by atoms with Crippen LogP contribution in [0.2, 0.25) is 0 Å². The summed E-state index contributed by atoms with van der Waals surface area (Å²) in [5.74, 6) is -1.36. The highest BCUT2D eigenvalue weighted by Gasteiger charge is 2.82. The van der Waals surface area contributed by atoms with Crippen molar-refractivity contribution in [3.05, 3.63) is 11.8 Å². The van der Waals surface area contributed by atoms with Crippen molar-refractivity contribution in [1.82, 2.24) is 0 Å². The Hall–Kier alpha value is -1.73. The SMILES string of the molecule is COC(=O)[C@@]12C=C(OC(C)=O)[C@@]3(OO1)[C@@](C)(CC[C@H]1C(C)(C)CCC[C@@]13C)C2=O. The third-order valence-electron chi connectivity index (χ3n) is 8.30. The number of carbonyl (C=O) groups excluding carboxylic acids is 3. The number of carbonyl (C=O) groups is 3. The number of ketones is 1. The van der Waals surface area contributed by atoms with Crippen molar-refractivity contribution in [3.8, 4) is 0 Å². The van der Waals surface area contributed by atoms with Gasteiger partial charge in [0.2, 0.25) is 0 Å². The van der Waals surface area contributed by atoms with Crippen LogP contribution in [0.1, 0.15) is 66.7 Å². The van der Waals surface area contributed by atoms with E-state index in [1.165, 1.54) is 20.1 Å². The molecule has 2 bridgehead atoms. The maximum atomic E-state index is 13.8. The molecule has 0 unspecified atom stereocenters. The molecular formula is C22H30O7. The van der Waals surface area contributed by atoms with Crippen molar-refractivity contribution >= 4 is 17.7 Å². The van der Waals surface area contributed by atoms with Gasteiger partial charge in [-0.3, -0.25) is 9.59 Å². The van der Waals surface area contributed by atoms with Crippen LogP contribution in [0.3, 0.4) is 0 Å². The van der Waals surface area contributed by atoms with Crippen LogP contribution < -0.4 is 0 Å². The van der Waals surface area contributed by atoms with E-state index in [4.69, 9.17) is 19.2 Å². The van der Waals surface area contributed by atoms with E-state index in [9.17, 15) is 14.4 Å². The fraction of sp³-hybridized carbons (Fsp3) is 0.773. The molecule has 3 fully saturated rings. The molecule has 1 spiro atoms. The third-order valence-corrected chi connectivity index (χ3v) is 8.30. The van der Waals surface area contributed by atoms with E-state index in [0.717, 1.165) is 25.7 Å². The molecule has 29 heavy (non-hydrogen) atoms. The predicted octanol–water partition coefficient (Wildman–Crippen LogP) is 3.26. The molecular weight excluding hydrogens is 376 g/mol. The van der Waals surface area contributed by atoms with Gasteiger partial charge in [-0.1, -0.05) is 27.2 Å². The largest absolute Gasteiger partial charge is 0.466 e. The number of hydrogen-bond acceptors (Lipinski definition) is 7. The summed E-state index contributed by atoms with van der Waals surface area (Å²) < 4.78 is 10.5. The highest BCUT2D eigenvalue weighted by molar-refractivity contribution is 6.14. The second kappa shape index (κ2) is 5.91. The van der Waals surface area contributed by atoms with Crippen LogP contribution in [-0.2, 0) is 33.6 Å². The Bertz CT molecular complexity index is 829. The van der Waals surface area contributed by atoms with E-state index in [1.54, 1.807) is 0 Å². The number of esters is 2. The number of methoxy groups -OCH3 is 1. The minimum Gasteiger partial charge on any atom is -0.466 e. The van der Waals surface area contributed by atoms with E-state index >= 15 is 0 Å². The van der Waals surface area contributed by atoms with Gasteiger partial charge >= 0.3 is 11.9 Å².